The van der Waals surface area contributed by atoms with Gasteiger partial charge in [-0.05, 0) is 65.4 Å². The molecule has 2 amide bonds. The third kappa shape index (κ3) is 8.93. The highest BCUT2D eigenvalue weighted by atomic mass is 35.5. The molecular formula is C35H42Cl3F3N4O2. The summed E-state index contributed by atoms with van der Waals surface area (Å²) in [4.78, 5) is 24.4. The Morgan fingerprint density at radius 1 is 0.894 bits per heavy atom. The zero-order valence-corrected chi connectivity index (χ0v) is 28.5. The maximum absolute atomic E-state index is 14.6. The van der Waals surface area contributed by atoms with Crippen LogP contribution in [0.25, 0.3) is 0 Å². The molecule has 0 spiro atoms. The molecule has 0 aliphatic carbocycles. The standard InChI is InChI=1S/C34H37Cl2F3N4O2.CH4.ClH/c1-5-45-28-20-24(33(2,3)4)10-15-27(28)31-40-29(22-6-11-25(35)12-7-22)30(23-8-13-26(36)14-9-23)43(31)32(44)42-18-16-41(17-19-42)21-34(37,38)39;;/h6-15,20,29-30H,5,16-19,21H2,1-4H3;1H4;1H/t29-,30+;;/m0../s1. The van der Waals surface area contributed by atoms with Crippen LogP contribution in [0.1, 0.15) is 69.5 Å². The van der Waals surface area contributed by atoms with Gasteiger partial charge in [0.25, 0.3) is 0 Å². The Bertz CT molecular complexity index is 1540. The second-order valence-electron chi connectivity index (χ2n) is 12.4. The number of aliphatic imine (C=N–C) groups is 1. The topological polar surface area (TPSA) is 48.4 Å². The smallest absolute Gasteiger partial charge is 0.401 e. The van der Waals surface area contributed by atoms with E-state index in [4.69, 9.17) is 32.9 Å². The molecule has 2 heterocycles. The number of alkyl halides is 3. The number of amides is 2. The molecule has 0 bridgehead atoms. The Balaban J connectivity index is 0.00000300. The lowest BCUT2D eigenvalue weighted by Gasteiger charge is -2.39. The van der Waals surface area contributed by atoms with Crippen LogP contribution in [-0.4, -0.2) is 72.1 Å². The van der Waals surface area contributed by atoms with Gasteiger partial charge in [0.1, 0.15) is 17.6 Å². The minimum Gasteiger partial charge on any atom is -0.493 e. The summed E-state index contributed by atoms with van der Waals surface area (Å²) in [6, 6.07) is 19.2. The van der Waals surface area contributed by atoms with E-state index >= 15 is 0 Å². The summed E-state index contributed by atoms with van der Waals surface area (Å²) >= 11 is 12.5. The lowest BCUT2D eigenvalue weighted by Crippen LogP contribution is -2.55. The molecule has 2 aliphatic rings. The van der Waals surface area contributed by atoms with Crippen molar-refractivity contribution < 1.29 is 22.7 Å². The lowest BCUT2D eigenvalue weighted by atomic mass is 9.86. The van der Waals surface area contributed by atoms with E-state index in [1.165, 1.54) is 4.90 Å². The Kier molecular flexibility index (Phi) is 12.7. The molecule has 6 nitrogen and oxygen atoms in total. The number of piperazine rings is 1. The fourth-order valence-electron chi connectivity index (χ4n) is 5.81. The summed E-state index contributed by atoms with van der Waals surface area (Å²) in [7, 11) is 0. The summed E-state index contributed by atoms with van der Waals surface area (Å²) in [5, 5.41) is 1.13. The third-order valence-electron chi connectivity index (χ3n) is 8.13. The number of ether oxygens (including phenoxy) is 1. The average molecular weight is 714 g/mol. The molecule has 256 valence electrons. The number of carbonyl (C=O) groups is 1. The van der Waals surface area contributed by atoms with E-state index in [0.29, 0.717) is 33.8 Å². The molecular weight excluding hydrogens is 672 g/mol. The van der Waals surface area contributed by atoms with Crippen LogP contribution in [0.2, 0.25) is 10.0 Å². The normalized spacial score (nSPS) is 18.7. The minimum atomic E-state index is -4.30. The largest absolute Gasteiger partial charge is 0.493 e. The summed E-state index contributed by atoms with van der Waals surface area (Å²) in [5.41, 5.74) is 3.24. The van der Waals surface area contributed by atoms with E-state index < -0.39 is 24.8 Å². The fraction of sp³-hybridized carbons (Fsp3) is 0.429. The molecule has 12 heteroatoms. The summed E-state index contributed by atoms with van der Waals surface area (Å²) in [5.74, 6) is 1.03. The first-order valence-electron chi connectivity index (χ1n) is 15.0. The first kappa shape index (κ1) is 38.5. The molecule has 3 aromatic carbocycles. The minimum absolute atomic E-state index is 0. The maximum atomic E-state index is 14.6. The molecule has 0 unspecified atom stereocenters. The summed E-state index contributed by atoms with van der Waals surface area (Å²) in [6.45, 7) is 8.19. The average Bonchev–Trinajstić information content (AvgIpc) is 3.37. The SMILES string of the molecule is C.CCOc1cc(C(C)(C)C)ccc1C1=N[C@@H](c2ccc(Cl)cc2)[C@@H](c2ccc(Cl)cc2)N1C(=O)N1CCN(CC(F)(F)F)CC1.Cl. The van der Waals surface area contributed by atoms with Crippen molar-refractivity contribution in [3.63, 3.8) is 0 Å². The first-order chi connectivity index (χ1) is 21.2. The van der Waals surface area contributed by atoms with Gasteiger partial charge in [0.2, 0.25) is 0 Å². The van der Waals surface area contributed by atoms with Crippen molar-refractivity contribution in [1.82, 2.24) is 14.7 Å². The molecule has 3 aromatic rings. The number of hydrogen-bond donors (Lipinski definition) is 0. The fourth-order valence-corrected chi connectivity index (χ4v) is 6.06. The molecule has 1 fully saturated rings. The number of urea groups is 1. The van der Waals surface area contributed by atoms with Gasteiger partial charge in [-0.25, -0.2) is 4.79 Å². The lowest BCUT2D eigenvalue weighted by molar-refractivity contribution is -0.148. The number of carbonyl (C=O) groups excluding carboxylic acids is 1. The highest BCUT2D eigenvalue weighted by molar-refractivity contribution is 6.30. The Labute approximate surface area is 291 Å². The molecule has 0 saturated carbocycles. The maximum Gasteiger partial charge on any atom is 0.401 e. The van der Waals surface area contributed by atoms with Crippen LogP contribution in [0.5, 0.6) is 5.75 Å². The van der Waals surface area contributed by atoms with Crippen molar-refractivity contribution in [2.24, 2.45) is 4.99 Å². The van der Waals surface area contributed by atoms with Gasteiger partial charge in [0.15, 0.2) is 0 Å². The van der Waals surface area contributed by atoms with E-state index in [-0.39, 0.29) is 57.5 Å². The highest BCUT2D eigenvalue weighted by Crippen LogP contribution is 2.46. The molecule has 0 radical (unpaired) electrons. The number of rotatable bonds is 6. The summed E-state index contributed by atoms with van der Waals surface area (Å²) in [6.07, 6.45) is -4.30. The Morgan fingerprint density at radius 3 is 1.96 bits per heavy atom. The van der Waals surface area contributed by atoms with E-state index in [0.717, 1.165) is 16.7 Å². The van der Waals surface area contributed by atoms with E-state index in [9.17, 15) is 18.0 Å². The molecule has 2 atom stereocenters. The number of nitrogens with zero attached hydrogens (tertiary/aromatic N) is 4. The zero-order chi connectivity index (χ0) is 32.5. The van der Waals surface area contributed by atoms with Crippen molar-refractivity contribution >= 4 is 47.5 Å². The van der Waals surface area contributed by atoms with Gasteiger partial charge < -0.3 is 9.64 Å². The van der Waals surface area contributed by atoms with Crippen LogP contribution in [0, 0.1) is 0 Å². The second-order valence-corrected chi connectivity index (χ2v) is 13.2. The number of hydrogen-bond acceptors (Lipinski definition) is 4. The van der Waals surface area contributed by atoms with E-state index in [1.807, 2.05) is 49.4 Å². The first-order valence-corrected chi connectivity index (χ1v) is 15.7. The number of amidine groups is 1. The van der Waals surface area contributed by atoms with Crippen LogP contribution < -0.4 is 4.74 Å². The van der Waals surface area contributed by atoms with Crippen LogP contribution in [-0.2, 0) is 5.41 Å². The van der Waals surface area contributed by atoms with Crippen molar-refractivity contribution in [1.29, 1.82) is 0 Å². The van der Waals surface area contributed by atoms with Crippen molar-refractivity contribution in [3.05, 3.63) is 99.0 Å². The molecule has 2 aliphatic heterocycles. The van der Waals surface area contributed by atoms with Gasteiger partial charge in [-0.3, -0.25) is 14.8 Å². The molecule has 47 heavy (non-hydrogen) atoms. The van der Waals surface area contributed by atoms with Gasteiger partial charge >= 0.3 is 12.2 Å². The molecule has 0 N–H and O–H groups in total. The van der Waals surface area contributed by atoms with Gasteiger partial charge in [0.05, 0.1) is 24.8 Å². The Hall–Kier alpha value is -2.98. The summed E-state index contributed by atoms with van der Waals surface area (Å²) < 4.78 is 45.5. The van der Waals surface area contributed by atoms with Crippen LogP contribution in [0.15, 0.2) is 71.7 Å². The van der Waals surface area contributed by atoms with Crippen molar-refractivity contribution in [3.8, 4) is 5.75 Å². The van der Waals surface area contributed by atoms with Crippen molar-refractivity contribution in [2.45, 2.75) is 58.8 Å². The van der Waals surface area contributed by atoms with Gasteiger partial charge in [-0.2, -0.15) is 13.2 Å². The zero-order valence-electron chi connectivity index (χ0n) is 26.2. The van der Waals surface area contributed by atoms with Gasteiger partial charge in [-0.1, -0.05) is 81.7 Å². The predicted molar refractivity (Wildman–Crippen MR) is 187 cm³/mol. The van der Waals surface area contributed by atoms with Gasteiger partial charge in [0, 0.05) is 36.2 Å². The highest BCUT2D eigenvalue weighted by Gasteiger charge is 2.45. The molecule has 0 aromatic heterocycles. The van der Waals surface area contributed by atoms with Gasteiger partial charge in [-0.15, -0.1) is 12.4 Å². The van der Waals surface area contributed by atoms with Crippen LogP contribution in [0.3, 0.4) is 0 Å². The van der Waals surface area contributed by atoms with Crippen LogP contribution in [0.4, 0.5) is 18.0 Å². The molecule has 1 saturated heterocycles. The second kappa shape index (κ2) is 15.5. The number of benzene rings is 3. The van der Waals surface area contributed by atoms with Crippen molar-refractivity contribution in [2.75, 3.05) is 39.3 Å². The van der Waals surface area contributed by atoms with E-state index in [2.05, 4.69) is 20.8 Å². The number of halogens is 6. The van der Waals surface area contributed by atoms with E-state index in [1.54, 1.807) is 34.1 Å². The quantitative estimate of drug-likeness (QED) is 0.256. The monoisotopic (exact) mass is 712 g/mol. The predicted octanol–water partition coefficient (Wildman–Crippen LogP) is 9.59. The molecule has 5 rings (SSSR count). The third-order valence-corrected chi connectivity index (χ3v) is 8.63. The Morgan fingerprint density at radius 2 is 1.45 bits per heavy atom. The van der Waals surface area contributed by atoms with Crippen LogP contribution >= 0.6 is 35.6 Å².